The molecule has 0 unspecified atom stereocenters. The molecule has 1 amide bonds. The van der Waals surface area contributed by atoms with Crippen LogP contribution in [0.4, 0.5) is 5.00 Å². The van der Waals surface area contributed by atoms with E-state index in [2.05, 4.69) is 5.32 Å². The molecule has 0 aliphatic heterocycles. The van der Waals surface area contributed by atoms with Crippen LogP contribution in [0.25, 0.3) is 0 Å². The van der Waals surface area contributed by atoms with Gasteiger partial charge in [-0.15, -0.1) is 11.3 Å². The van der Waals surface area contributed by atoms with Crippen molar-refractivity contribution < 1.29 is 14.3 Å². The molecular weight excluding hydrogens is 310 g/mol. The number of fused-ring (bicyclic) bond motifs is 1. The van der Waals surface area contributed by atoms with Crippen LogP contribution in [0.2, 0.25) is 0 Å². The Kier molecular flexibility index (Phi) is 4.48. The van der Waals surface area contributed by atoms with E-state index in [1.54, 1.807) is 0 Å². The van der Waals surface area contributed by atoms with Gasteiger partial charge in [-0.3, -0.25) is 4.79 Å². The molecule has 0 saturated carbocycles. The number of hydrogen-bond acceptors (Lipinski definition) is 4. The Morgan fingerprint density at radius 2 is 1.96 bits per heavy atom. The van der Waals surface area contributed by atoms with Crippen molar-refractivity contribution in [2.75, 3.05) is 12.4 Å². The molecule has 0 saturated heterocycles. The van der Waals surface area contributed by atoms with E-state index < -0.39 is 0 Å². The molecule has 1 heterocycles. The molecule has 1 aliphatic carbocycles. The topological polar surface area (TPSA) is 55.4 Å². The summed E-state index contributed by atoms with van der Waals surface area (Å²) in [6.07, 6.45) is 3.20. The summed E-state index contributed by atoms with van der Waals surface area (Å²) in [4.78, 5) is 25.6. The van der Waals surface area contributed by atoms with Crippen LogP contribution in [-0.4, -0.2) is 19.0 Å². The van der Waals surface area contributed by atoms with Gasteiger partial charge in [0.05, 0.1) is 19.1 Å². The van der Waals surface area contributed by atoms with Crippen LogP contribution < -0.4 is 5.32 Å². The Hall–Kier alpha value is -2.14. The van der Waals surface area contributed by atoms with Crippen LogP contribution in [-0.2, 0) is 28.8 Å². The lowest BCUT2D eigenvalue weighted by molar-refractivity contribution is -0.115. The smallest absolute Gasteiger partial charge is 0.341 e. The predicted molar refractivity (Wildman–Crippen MR) is 91.2 cm³/mol. The molecule has 3 rings (SSSR count). The molecule has 0 fully saturated rings. The fourth-order valence-electron chi connectivity index (χ4n) is 2.87. The van der Waals surface area contributed by atoms with E-state index >= 15 is 0 Å². The minimum absolute atomic E-state index is 0.112. The first-order valence-electron chi connectivity index (χ1n) is 7.66. The summed E-state index contributed by atoms with van der Waals surface area (Å²) in [6.45, 7) is 2.01. The Morgan fingerprint density at radius 1 is 1.22 bits per heavy atom. The standard InChI is InChI=1S/C18H19NO3S/c1-11-6-8-12(9-7-11)10-15(20)19-17-16(18(21)22-2)13-4-3-5-14(13)23-17/h6-9H,3-5,10H2,1-2H3,(H,19,20). The van der Waals surface area contributed by atoms with Gasteiger partial charge in [0.25, 0.3) is 0 Å². The molecule has 0 spiro atoms. The lowest BCUT2D eigenvalue weighted by Crippen LogP contribution is -2.16. The first-order valence-corrected chi connectivity index (χ1v) is 8.48. The van der Waals surface area contributed by atoms with Crippen molar-refractivity contribution >= 4 is 28.2 Å². The summed E-state index contributed by atoms with van der Waals surface area (Å²) in [6, 6.07) is 7.87. The Balaban J connectivity index is 1.78. The van der Waals surface area contributed by atoms with Gasteiger partial charge in [0.2, 0.25) is 5.91 Å². The van der Waals surface area contributed by atoms with Gasteiger partial charge in [0.1, 0.15) is 5.00 Å². The molecule has 4 nitrogen and oxygen atoms in total. The lowest BCUT2D eigenvalue weighted by atomic mass is 10.1. The molecule has 1 N–H and O–H groups in total. The molecule has 23 heavy (non-hydrogen) atoms. The Labute approximate surface area is 139 Å². The van der Waals surface area contributed by atoms with Gasteiger partial charge in [-0.2, -0.15) is 0 Å². The number of thiophene rings is 1. The number of methoxy groups -OCH3 is 1. The zero-order valence-electron chi connectivity index (χ0n) is 13.3. The van der Waals surface area contributed by atoms with Crippen molar-refractivity contribution in [1.82, 2.24) is 0 Å². The minimum atomic E-state index is -0.366. The van der Waals surface area contributed by atoms with Crippen LogP contribution in [0.15, 0.2) is 24.3 Å². The molecule has 1 aromatic heterocycles. The average Bonchev–Trinajstić information content (AvgIpc) is 3.09. The van der Waals surface area contributed by atoms with Crippen molar-refractivity contribution in [2.45, 2.75) is 32.6 Å². The molecule has 0 atom stereocenters. The van der Waals surface area contributed by atoms with Gasteiger partial charge >= 0.3 is 5.97 Å². The van der Waals surface area contributed by atoms with Crippen molar-refractivity contribution in [3.05, 3.63) is 51.4 Å². The molecule has 120 valence electrons. The number of hydrogen-bond donors (Lipinski definition) is 1. The highest BCUT2D eigenvalue weighted by atomic mass is 32.1. The van der Waals surface area contributed by atoms with E-state index in [9.17, 15) is 9.59 Å². The van der Waals surface area contributed by atoms with E-state index in [4.69, 9.17) is 4.74 Å². The summed E-state index contributed by atoms with van der Waals surface area (Å²) in [5.74, 6) is -0.478. The van der Waals surface area contributed by atoms with Crippen LogP contribution >= 0.6 is 11.3 Å². The Morgan fingerprint density at radius 3 is 2.65 bits per heavy atom. The summed E-state index contributed by atoms with van der Waals surface area (Å²) in [7, 11) is 1.37. The number of aryl methyl sites for hydroxylation is 2. The number of benzene rings is 1. The number of anilines is 1. The van der Waals surface area contributed by atoms with Crippen LogP contribution in [0.3, 0.4) is 0 Å². The minimum Gasteiger partial charge on any atom is -0.465 e. The predicted octanol–water partition coefficient (Wildman–Crippen LogP) is 3.51. The van der Waals surface area contributed by atoms with E-state index in [0.29, 0.717) is 17.0 Å². The highest BCUT2D eigenvalue weighted by molar-refractivity contribution is 7.17. The third-order valence-corrected chi connectivity index (χ3v) is 5.26. The molecule has 0 radical (unpaired) electrons. The fourth-order valence-corrected chi connectivity index (χ4v) is 4.17. The average molecular weight is 329 g/mol. The van der Waals surface area contributed by atoms with Gasteiger partial charge in [0.15, 0.2) is 0 Å². The zero-order chi connectivity index (χ0) is 16.4. The second-order valence-corrected chi connectivity index (χ2v) is 6.87. The maximum atomic E-state index is 12.3. The largest absolute Gasteiger partial charge is 0.465 e. The second kappa shape index (κ2) is 6.54. The number of nitrogens with one attached hydrogen (secondary N) is 1. The van der Waals surface area contributed by atoms with Gasteiger partial charge in [-0.1, -0.05) is 29.8 Å². The summed E-state index contributed by atoms with van der Waals surface area (Å²) in [5.41, 5.74) is 3.71. The van der Waals surface area contributed by atoms with Crippen molar-refractivity contribution in [2.24, 2.45) is 0 Å². The number of rotatable bonds is 4. The molecule has 1 aliphatic rings. The monoisotopic (exact) mass is 329 g/mol. The highest BCUT2D eigenvalue weighted by Gasteiger charge is 2.27. The fraction of sp³-hybridized carbons (Fsp3) is 0.333. The van der Waals surface area contributed by atoms with E-state index in [-0.39, 0.29) is 11.9 Å². The third-order valence-electron chi connectivity index (χ3n) is 4.05. The normalized spacial score (nSPS) is 12.8. The van der Waals surface area contributed by atoms with Crippen LogP contribution in [0, 0.1) is 6.92 Å². The number of esters is 1. The lowest BCUT2D eigenvalue weighted by Gasteiger charge is -2.07. The van der Waals surface area contributed by atoms with Gasteiger partial charge < -0.3 is 10.1 Å². The number of amides is 1. The van der Waals surface area contributed by atoms with Crippen molar-refractivity contribution in [3.63, 3.8) is 0 Å². The molecular formula is C18H19NO3S. The SMILES string of the molecule is COC(=O)c1c(NC(=O)Cc2ccc(C)cc2)sc2c1CCC2. The van der Waals surface area contributed by atoms with E-state index in [0.717, 1.165) is 36.0 Å². The first-order chi connectivity index (χ1) is 11.1. The van der Waals surface area contributed by atoms with Gasteiger partial charge in [-0.25, -0.2) is 4.79 Å². The van der Waals surface area contributed by atoms with Gasteiger partial charge in [0, 0.05) is 4.88 Å². The molecule has 1 aromatic carbocycles. The zero-order valence-corrected chi connectivity index (χ0v) is 14.1. The van der Waals surface area contributed by atoms with E-state index in [1.807, 2.05) is 31.2 Å². The number of carbonyl (C=O) groups excluding carboxylic acids is 2. The quantitative estimate of drug-likeness (QED) is 0.873. The van der Waals surface area contributed by atoms with Crippen LogP contribution in [0.5, 0.6) is 0 Å². The molecule has 5 heteroatoms. The maximum absolute atomic E-state index is 12.3. The number of carbonyl (C=O) groups is 2. The first kappa shape index (κ1) is 15.7. The molecule has 2 aromatic rings. The highest BCUT2D eigenvalue weighted by Crippen LogP contribution is 2.39. The summed E-state index contributed by atoms with van der Waals surface area (Å²) >= 11 is 1.50. The second-order valence-electron chi connectivity index (χ2n) is 5.76. The Bertz CT molecular complexity index is 746. The molecule has 0 bridgehead atoms. The summed E-state index contributed by atoms with van der Waals surface area (Å²) < 4.78 is 4.89. The maximum Gasteiger partial charge on any atom is 0.341 e. The van der Waals surface area contributed by atoms with Crippen LogP contribution in [0.1, 0.15) is 38.3 Å². The van der Waals surface area contributed by atoms with Gasteiger partial charge in [-0.05, 0) is 37.3 Å². The number of ether oxygens (including phenoxy) is 1. The van der Waals surface area contributed by atoms with E-state index in [1.165, 1.54) is 23.3 Å². The third kappa shape index (κ3) is 3.29. The summed E-state index contributed by atoms with van der Waals surface area (Å²) in [5, 5.41) is 3.52. The van der Waals surface area contributed by atoms with Crippen molar-refractivity contribution in [3.8, 4) is 0 Å². The van der Waals surface area contributed by atoms with Crippen molar-refractivity contribution in [1.29, 1.82) is 0 Å².